The van der Waals surface area contributed by atoms with Crippen LogP contribution in [0.25, 0.3) is 22.2 Å². The topological polar surface area (TPSA) is 40.7 Å². The van der Waals surface area contributed by atoms with Crippen molar-refractivity contribution >= 4 is 10.9 Å². The summed E-state index contributed by atoms with van der Waals surface area (Å²) in [6, 6.07) is 9.20. The van der Waals surface area contributed by atoms with E-state index in [1.165, 1.54) is 51.7 Å². The van der Waals surface area contributed by atoms with Crippen molar-refractivity contribution in [1.82, 2.24) is 15.3 Å². The first-order chi connectivity index (χ1) is 12.6. The van der Waals surface area contributed by atoms with E-state index in [1.807, 2.05) is 6.20 Å². The quantitative estimate of drug-likeness (QED) is 0.662. The summed E-state index contributed by atoms with van der Waals surface area (Å²) in [5.41, 5.74) is 9.08. The summed E-state index contributed by atoms with van der Waals surface area (Å²) in [5, 5.41) is 4.87. The first-order valence-electron chi connectivity index (χ1n) is 9.85. The highest BCUT2D eigenvalue weighted by Crippen LogP contribution is 2.38. The monoisotopic (exact) mass is 347 g/mol. The van der Waals surface area contributed by atoms with Crippen LogP contribution in [0.5, 0.6) is 0 Å². The van der Waals surface area contributed by atoms with Gasteiger partial charge in [-0.2, -0.15) is 0 Å². The van der Waals surface area contributed by atoms with Crippen LogP contribution in [0.2, 0.25) is 0 Å². The van der Waals surface area contributed by atoms with Crippen molar-refractivity contribution in [3.63, 3.8) is 0 Å². The predicted molar refractivity (Wildman–Crippen MR) is 110 cm³/mol. The molecule has 1 fully saturated rings. The lowest BCUT2D eigenvalue weighted by Gasteiger charge is -2.23. The van der Waals surface area contributed by atoms with Crippen molar-refractivity contribution in [2.24, 2.45) is 0 Å². The van der Waals surface area contributed by atoms with E-state index >= 15 is 0 Å². The van der Waals surface area contributed by atoms with Gasteiger partial charge in [0.1, 0.15) is 0 Å². The molecular formula is C23H29N3. The van der Waals surface area contributed by atoms with E-state index in [4.69, 9.17) is 0 Å². The predicted octanol–water partition coefficient (Wildman–Crippen LogP) is 5.44. The Balaban J connectivity index is 1.89. The van der Waals surface area contributed by atoms with Crippen molar-refractivity contribution in [1.29, 1.82) is 0 Å². The standard InChI is InChI=1S/C23H29N3/c1-14(2)22-20-13-18(17-7-10-24-11-8-17)5-6-21(20)26-23(22)19-9-12-25-16(4)15(19)3/h5-6,9,12-14,17,24,26H,7-8,10-11H2,1-4H3. The van der Waals surface area contributed by atoms with Crippen molar-refractivity contribution in [2.75, 3.05) is 13.1 Å². The molecule has 3 heteroatoms. The summed E-state index contributed by atoms with van der Waals surface area (Å²) in [5.74, 6) is 1.15. The lowest BCUT2D eigenvalue weighted by Crippen LogP contribution is -2.26. The molecule has 136 valence electrons. The van der Waals surface area contributed by atoms with Gasteiger partial charge in [0.25, 0.3) is 0 Å². The van der Waals surface area contributed by atoms with Crippen molar-refractivity contribution < 1.29 is 0 Å². The third-order valence-corrected chi connectivity index (χ3v) is 5.98. The van der Waals surface area contributed by atoms with Gasteiger partial charge in [0.15, 0.2) is 0 Å². The molecular weight excluding hydrogens is 318 g/mol. The minimum absolute atomic E-state index is 0.467. The Bertz CT molecular complexity index is 930. The van der Waals surface area contributed by atoms with E-state index in [1.54, 1.807) is 0 Å². The number of nitrogens with one attached hydrogen (secondary N) is 2. The van der Waals surface area contributed by atoms with Crippen LogP contribution in [0.3, 0.4) is 0 Å². The van der Waals surface area contributed by atoms with Gasteiger partial charge in [0, 0.05) is 28.4 Å². The van der Waals surface area contributed by atoms with Gasteiger partial charge in [0.05, 0.1) is 5.69 Å². The van der Waals surface area contributed by atoms with Crippen LogP contribution in [0.15, 0.2) is 30.5 Å². The molecule has 2 N–H and O–H groups in total. The first-order valence-corrected chi connectivity index (χ1v) is 9.85. The Morgan fingerprint density at radius 2 is 1.85 bits per heavy atom. The lowest BCUT2D eigenvalue weighted by atomic mass is 9.88. The molecule has 0 bridgehead atoms. The Labute approximate surface area is 156 Å². The minimum atomic E-state index is 0.467. The molecule has 1 aliphatic rings. The molecule has 1 aliphatic heterocycles. The van der Waals surface area contributed by atoms with Crippen LogP contribution in [0.4, 0.5) is 0 Å². The van der Waals surface area contributed by atoms with Gasteiger partial charge in [-0.25, -0.2) is 0 Å². The molecule has 0 atom stereocenters. The second kappa shape index (κ2) is 6.88. The number of aromatic nitrogens is 2. The fourth-order valence-electron chi connectivity index (χ4n) is 4.36. The second-order valence-corrected chi connectivity index (χ2v) is 7.97. The Morgan fingerprint density at radius 1 is 1.08 bits per heavy atom. The molecule has 2 aromatic heterocycles. The molecule has 0 saturated carbocycles. The molecule has 0 unspecified atom stereocenters. The molecule has 26 heavy (non-hydrogen) atoms. The Hall–Kier alpha value is -2.13. The molecule has 0 spiro atoms. The maximum absolute atomic E-state index is 4.45. The largest absolute Gasteiger partial charge is 0.354 e. The van der Waals surface area contributed by atoms with Gasteiger partial charge in [-0.15, -0.1) is 0 Å². The van der Waals surface area contributed by atoms with Gasteiger partial charge in [-0.1, -0.05) is 19.9 Å². The fraction of sp³-hybridized carbons (Fsp3) is 0.435. The van der Waals surface area contributed by atoms with Gasteiger partial charge in [-0.05, 0) is 86.5 Å². The summed E-state index contributed by atoms with van der Waals surface area (Å²) in [6.45, 7) is 11.1. The van der Waals surface area contributed by atoms with Gasteiger partial charge >= 0.3 is 0 Å². The average Bonchev–Trinajstić information content (AvgIpc) is 3.03. The number of aromatic amines is 1. The van der Waals surface area contributed by atoms with Gasteiger partial charge < -0.3 is 10.3 Å². The van der Waals surface area contributed by atoms with Crippen LogP contribution in [-0.2, 0) is 0 Å². The van der Waals surface area contributed by atoms with Crippen molar-refractivity contribution in [3.8, 4) is 11.3 Å². The number of H-pyrrole nitrogens is 1. The highest BCUT2D eigenvalue weighted by Gasteiger charge is 2.20. The van der Waals surface area contributed by atoms with Crippen molar-refractivity contribution in [3.05, 3.63) is 52.8 Å². The molecule has 0 aliphatic carbocycles. The van der Waals surface area contributed by atoms with Crippen LogP contribution in [0.1, 0.15) is 60.9 Å². The molecule has 3 aromatic rings. The van der Waals surface area contributed by atoms with Crippen LogP contribution < -0.4 is 5.32 Å². The third-order valence-electron chi connectivity index (χ3n) is 5.98. The number of hydrogen-bond donors (Lipinski definition) is 2. The number of fused-ring (bicyclic) bond motifs is 1. The number of benzene rings is 1. The number of hydrogen-bond acceptors (Lipinski definition) is 2. The number of rotatable bonds is 3. The second-order valence-electron chi connectivity index (χ2n) is 7.97. The van der Waals surface area contributed by atoms with E-state index in [9.17, 15) is 0 Å². The highest BCUT2D eigenvalue weighted by molar-refractivity contribution is 5.92. The van der Waals surface area contributed by atoms with E-state index in [2.05, 4.69) is 67.2 Å². The van der Waals surface area contributed by atoms with E-state index in [0.717, 1.165) is 18.8 Å². The average molecular weight is 348 g/mol. The van der Waals surface area contributed by atoms with Crippen LogP contribution >= 0.6 is 0 Å². The maximum atomic E-state index is 4.45. The fourth-order valence-corrected chi connectivity index (χ4v) is 4.36. The minimum Gasteiger partial charge on any atom is -0.354 e. The van der Waals surface area contributed by atoms with Crippen LogP contribution in [-0.4, -0.2) is 23.1 Å². The molecule has 4 rings (SSSR count). The van der Waals surface area contributed by atoms with Gasteiger partial charge in [0.2, 0.25) is 0 Å². The molecule has 0 radical (unpaired) electrons. The Kier molecular flexibility index (Phi) is 4.58. The Morgan fingerprint density at radius 3 is 2.58 bits per heavy atom. The molecule has 3 nitrogen and oxygen atoms in total. The number of aryl methyl sites for hydroxylation is 1. The summed E-state index contributed by atoms with van der Waals surface area (Å²) in [6.07, 6.45) is 4.40. The summed E-state index contributed by atoms with van der Waals surface area (Å²) < 4.78 is 0. The van der Waals surface area contributed by atoms with Crippen LogP contribution in [0, 0.1) is 13.8 Å². The SMILES string of the molecule is Cc1nccc(-c2[nH]c3ccc(C4CCNCC4)cc3c2C(C)C)c1C. The summed E-state index contributed by atoms with van der Waals surface area (Å²) >= 11 is 0. The van der Waals surface area contributed by atoms with Gasteiger partial charge in [-0.3, -0.25) is 4.98 Å². The highest BCUT2D eigenvalue weighted by atomic mass is 14.9. The summed E-state index contributed by atoms with van der Waals surface area (Å²) in [7, 11) is 0. The number of piperidine rings is 1. The third kappa shape index (κ3) is 2.95. The first kappa shape index (κ1) is 17.3. The van der Waals surface area contributed by atoms with E-state index in [-0.39, 0.29) is 0 Å². The smallest absolute Gasteiger partial charge is 0.0503 e. The molecule has 3 heterocycles. The zero-order valence-corrected chi connectivity index (χ0v) is 16.3. The summed E-state index contributed by atoms with van der Waals surface area (Å²) in [4.78, 5) is 8.17. The number of nitrogens with zero attached hydrogens (tertiary/aromatic N) is 1. The zero-order valence-electron chi connectivity index (χ0n) is 16.3. The molecule has 0 amide bonds. The van der Waals surface area contributed by atoms with E-state index in [0.29, 0.717) is 11.8 Å². The zero-order chi connectivity index (χ0) is 18.3. The van der Waals surface area contributed by atoms with E-state index < -0.39 is 0 Å². The molecule has 1 aromatic carbocycles. The number of pyridine rings is 1. The molecule has 1 saturated heterocycles. The maximum Gasteiger partial charge on any atom is 0.0503 e. The lowest BCUT2D eigenvalue weighted by molar-refractivity contribution is 0.460. The normalized spacial score (nSPS) is 15.9. The van der Waals surface area contributed by atoms with Crippen molar-refractivity contribution in [2.45, 2.75) is 52.4 Å².